The smallest absolute Gasteiger partial charge is 0.253 e. The van der Waals surface area contributed by atoms with E-state index in [9.17, 15) is 9.59 Å². The van der Waals surface area contributed by atoms with Gasteiger partial charge in [-0.3, -0.25) is 9.59 Å². The second-order valence-electron chi connectivity index (χ2n) is 9.36. The van der Waals surface area contributed by atoms with Crippen molar-refractivity contribution in [1.82, 2.24) is 9.80 Å². The lowest BCUT2D eigenvalue weighted by Gasteiger charge is -2.45. The third kappa shape index (κ3) is 4.19. The number of piperidine rings is 1. The van der Waals surface area contributed by atoms with Crippen molar-refractivity contribution in [2.45, 2.75) is 49.8 Å². The summed E-state index contributed by atoms with van der Waals surface area (Å²) in [5.74, 6) is 1.73. The number of carbonyl (C=O) groups excluding carboxylic acids is 2. The van der Waals surface area contributed by atoms with E-state index in [0.717, 1.165) is 67.8 Å². The van der Waals surface area contributed by atoms with Crippen LogP contribution in [0.2, 0.25) is 0 Å². The van der Waals surface area contributed by atoms with E-state index in [4.69, 9.17) is 0 Å². The lowest BCUT2D eigenvalue weighted by molar-refractivity contribution is -0.140. The SMILES string of the molecule is O=C(c1ccc(-c2ccccc2)cc1)N1CCC2(CC1)SCCN2C(=O)C1CCCCC1. The van der Waals surface area contributed by atoms with Crippen LogP contribution in [0.25, 0.3) is 11.1 Å². The third-order valence-corrected chi connectivity index (χ3v) is 9.02. The number of hydrogen-bond donors (Lipinski definition) is 0. The summed E-state index contributed by atoms with van der Waals surface area (Å²) in [6.45, 7) is 2.32. The predicted octanol–water partition coefficient (Wildman–Crippen LogP) is 5.44. The standard InChI is InChI=1S/C27H32N2O2S/c30-25(24-13-11-22(12-14-24)21-7-3-1-4-8-21)28-17-15-27(16-18-28)29(19-20-32-27)26(31)23-9-5-2-6-10-23/h1,3-4,7-8,11-14,23H,2,5-6,9-10,15-20H2. The molecule has 32 heavy (non-hydrogen) atoms. The molecule has 2 amide bonds. The normalized spacial score (nSPS) is 21.1. The van der Waals surface area contributed by atoms with Crippen molar-refractivity contribution in [3.63, 3.8) is 0 Å². The minimum atomic E-state index is -0.0948. The highest BCUT2D eigenvalue weighted by molar-refractivity contribution is 8.00. The summed E-state index contributed by atoms with van der Waals surface area (Å²) in [7, 11) is 0. The van der Waals surface area contributed by atoms with Gasteiger partial charge < -0.3 is 9.80 Å². The summed E-state index contributed by atoms with van der Waals surface area (Å²) in [6.07, 6.45) is 7.52. The highest BCUT2D eigenvalue weighted by Gasteiger charge is 2.48. The van der Waals surface area contributed by atoms with Crippen LogP contribution in [0.3, 0.4) is 0 Å². The molecule has 1 spiro atoms. The van der Waals surface area contributed by atoms with Gasteiger partial charge in [0.05, 0.1) is 4.87 Å². The van der Waals surface area contributed by atoms with Crippen LogP contribution in [-0.4, -0.2) is 51.9 Å². The van der Waals surface area contributed by atoms with Crippen LogP contribution in [0.15, 0.2) is 54.6 Å². The van der Waals surface area contributed by atoms with Crippen molar-refractivity contribution in [1.29, 1.82) is 0 Å². The van der Waals surface area contributed by atoms with E-state index in [1.54, 1.807) is 0 Å². The Morgan fingerprint density at radius 3 is 2.16 bits per heavy atom. The Balaban J connectivity index is 1.23. The van der Waals surface area contributed by atoms with Gasteiger partial charge in [0.2, 0.25) is 5.91 Å². The summed E-state index contributed by atoms with van der Waals surface area (Å²) in [4.78, 5) is 30.5. The van der Waals surface area contributed by atoms with E-state index >= 15 is 0 Å². The molecule has 4 nitrogen and oxygen atoms in total. The molecule has 168 valence electrons. The Hall–Kier alpha value is -2.27. The summed E-state index contributed by atoms with van der Waals surface area (Å²) in [6, 6.07) is 18.2. The summed E-state index contributed by atoms with van der Waals surface area (Å²) >= 11 is 1.94. The largest absolute Gasteiger partial charge is 0.338 e. The molecule has 1 saturated carbocycles. The number of benzene rings is 2. The van der Waals surface area contributed by atoms with Gasteiger partial charge in [0.1, 0.15) is 0 Å². The molecule has 1 aliphatic carbocycles. The Morgan fingerprint density at radius 2 is 1.47 bits per heavy atom. The van der Waals surface area contributed by atoms with Crippen LogP contribution in [0.1, 0.15) is 55.3 Å². The van der Waals surface area contributed by atoms with Gasteiger partial charge in [0.25, 0.3) is 5.91 Å². The molecule has 2 aromatic carbocycles. The van der Waals surface area contributed by atoms with Crippen LogP contribution in [0.4, 0.5) is 0 Å². The molecule has 2 aliphatic heterocycles. The highest BCUT2D eigenvalue weighted by atomic mass is 32.2. The molecule has 2 saturated heterocycles. The molecule has 3 fully saturated rings. The number of carbonyl (C=O) groups is 2. The quantitative estimate of drug-likeness (QED) is 0.628. The zero-order valence-electron chi connectivity index (χ0n) is 18.7. The molecule has 2 heterocycles. The van der Waals surface area contributed by atoms with Crippen molar-refractivity contribution in [2.75, 3.05) is 25.4 Å². The van der Waals surface area contributed by atoms with Gasteiger partial charge in [-0.05, 0) is 48.9 Å². The zero-order valence-corrected chi connectivity index (χ0v) is 19.5. The summed E-state index contributed by atoms with van der Waals surface area (Å²) in [5, 5.41) is 0. The maximum absolute atomic E-state index is 13.3. The predicted molar refractivity (Wildman–Crippen MR) is 130 cm³/mol. The van der Waals surface area contributed by atoms with Crippen molar-refractivity contribution < 1.29 is 9.59 Å². The molecule has 2 aromatic rings. The van der Waals surface area contributed by atoms with Crippen LogP contribution in [0.5, 0.6) is 0 Å². The first-order valence-corrected chi connectivity index (χ1v) is 13.1. The molecule has 0 atom stereocenters. The summed E-state index contributed by atoms with van der Waals surface area (Å²) in [5.41, 5.74) is 3.03. The Morgan fingerprint density at radius 1 is 0.812 bits per heavy atom. The van der Waals surface area contributed by atoms with Gasteiger partial charge in [0, 0.05) is 36.9 Å². The summed E-state index contributed by atoms with van der Waals surface area (Å²) < 4.78 is 0. The Kier molecular flexibility index (Phi) is 6.27. The lowest BCUT2D eigenvalue weighted by Crippen LogP contribution is -2.55. The van der Waals surface area contributed by atoms with Gasteiger partial charge in [-0.1, -0.05) is 61.7 Å². The fraction of sp³-hybridized carbons (Fsp3) is 0.481. The van der Waals surface area contributed by atoms with Crippen molar-refractivity contribution in [2.24, 2.45) is 5.92 Å². The number of amides is 2. The first kappa shape index (κ1) is 21.6. The number of likely N-dealkylation sites (tertiary alicyclic amines) is 1. The first-order valence-electron chi connectivity index (χ1n) is 12.1. The molecule has 0 bridgehead atoms. The van der Waals surface area contributed by atoms with Crippen LogP contribution in [0, 0.1) is 5.92 Å². The zero-order chi connectivity index (χ0) is 22.0. The monoisotopic (exact) mass is 448 g/mol. The second-order valence-corrected chi connectivity index (χ2v) is 10.8. The number of thioether (sulfide) groups is 1. The van der Waals surface area contributed by atoms with Crippen molar-refractivity contribution in [3.05, 3.63) is 60.2 Å². The molecule has 0 radical (unpaired) electrons. The van der Waals surface area contributed by atoms with Crippen LogP contribution < -0.4 is 0 Å². The molecule has 3 aliphatic rings. The molecule has 0 aromatic heterocycles. The number of nitrogens with zero attached hydrogens (tertiary/aromatic N) is 2. The van der Waals surface area contributed by atoms with Gasteiger partial charge in [-0.15, -0.1) is 11.8 Å². The third-order valence-electron chi connectivity index (χ3n) is 7.47. The maximum Gasteiger partial charge on any atom is 0.253 e. The number of hydrogen-bond acceptors (Lipinski definition) is 3. The Labute approximate surface area is 195 Å². The van der Waals surface area contributed by atoms with E-state index in [2.05, 4.69) is 17.0 Å². The lowest BCUT2D eigenvalue weighted by atomic mass is 9.87. The van der Waals surface area contributed by atoms with Crippen molar-refractivity contribution >= 4 is 23.6 Å². The fourth-order valence-corrected chi connectivity index (χ4v) is 7.04. The Bertz CT molecular complexity index is 945. The van der Waals surface area contributed by atoms with E-state index in [-0.39, 0.29) is 16.7 Å². The molecule has 5 heteroatoms. The average molecular weight is 449 g/mol. The minimum Gasteiger partial charge on any atom is -0.338 e. The molecule has 0 N–H and O–H groups in total. The first-order chi connectivity index (χ1) is 15.7. The highest BCUT2D eigenvalue weighted by Crippen LogP contribution is 2.45. The van der Waals surface area contributed by atoms with Gasteiger partial charge in [-0.25, -0.2) is 0 Å². The van der Waals surface area contributed by atoms with Crippen LogP contribution >= 0.6 is 11.8 Å². The van der Waals surface area contributed by atoms with Crippen molar-refractivity contribution in [3.8, 4) is 11.1 Å². The van der Waals surface area contributed by atoms with E-state index in [1.165, 1.54) is 19.3 Å². The number of rotatable bonds is 3. The van der Waals surface area contributed by atoms with Gasteiger partial charge >= 0.3 is 0 Å². The van der Waals surface area contributed by atoms with Gasteiger partial charge in [-0.2, -0.15) is 0 Å². The second kappa shape index (κ2) is 9.30. The van der Waals surface area contributed by atoms with Gasteiger partial charge in [0.15, 0.2) is 0 Å². The topological polar surface area (TPSA) is 40.6 Å². The molecular weight excluding hydrogens is 416 g/mol. The maximum atomic E-state index is 13.3. The minimum absolute atomic E-state index is 0.0948. The van der Waals surface area contributed by atoms with Crippen LogP contribution in [-0.2, 0) is 4.79 Å². The van der Waals surface area contributed by atoms with E-state index in [1.807, 2.05) is 59.1 Å². The molecule has 0 unspecified atom stereocenters. The van der Waals surface area contributed by atoms with E-state index < -0.39 is 0 Å². The van der Waals surface area contributed by atoms with E-state index in [0.29, 0.717) is 5.91 Å². The average Bonchev–Trinajstić information content (AvgIpc) is 3.27. The molecular formula is C27H32N2O2S. The molecule has 5 rings (SSSR count). The fourth-order valence-electron chi connectivity index (χ4n) is 5.58.